The molecule has 3 nitrogen and oxygen atoms in total. The van der Waals surface area contributed by atoms with Crippen molar-refractivity contribution in [3.63, 3.8) is 0 Å². The highest BCUT2D eigenvalue weighted by molar-refractivity contribution is 5.79. The number of aryl methyl sites for hydroxylation is 1. The van der Waals surface area contributed by atoms with Crippen LogP contribution in [-0.4, -0.2) is 35.8 Å². The lowest BCUT2D eigenvalue weighted by molar-refractivity contribution is -0.135. The summed E-state index contributed by atoms with van der Waals surface area (Å²) < 4.78 is 0. The Kier molecular flexibility index (Phi) is 5.87. The minimum absolute atomic E-state index is 0.0334. The van der Waals surface area contributed by atoms with Gasteiger partial charge in [-0.15, -0.1) is 0 Å². The molecule has 0 bridgehead atoms. The van der Waals surface area contributed by atoms with Crippen molar-refractivity contribution in [2.75, 3.05) is 20.1 Å². The smallest absolute Gasteiger partial charge is 0.228 e. The Labute approximate surface area is 151 Å². The highest BCUT2D eigenvalue weighted by Gasteiger charge is 2.29. The summed E-state index contributed by atoms with van der Waals surface area (Å²) in [5.41, 5.74) is 3.59. The third kappa shape index (κ3) is 4.29. The summed E-state index contributed by atoms with van der Waals surface area (Å²) in [5.74, 6) is 0.171. The van der Waals surface area contributed by atoms with E-state index in [1.807, 2.05) is 18.0 Å². The van der Waals surface area contributed by atoms with Gasteiger partial charge in [0, 0.05) is 20.1 Å². The minimum Gasteiger partial charge on any atom is -0.325 e. The molecule has 1 heterocycles. The first-order valence-corrected chi connectivity index (χ1v) is 9.31. The number of benzene rings is 2. The molecule has 0 aliphatic carbocycles. The Hall–Kier alpha value is -2.13. The van der Waals surface area contributed by atoms with Gasteiger partial charge in [0.25, 0.3) is 0 Å². The summed E-state index contributed by atoms with van der Waals surface area (Å²) in [7, 11) is 1.94. The van der Waals surface area contributed by atoms with E-state index in [-0.39, 0.29) is 12.1 Å². The Morgan fingerprint density at radius 3 is 2.20 bits per heavy atom. The summed E-state index contributed by atoms with van der Waals surface area (Å²) in [6.45, 7) is 4.26. The number of hydrogen-bond acceptors (Lipinski definition) is 2. The zero-order chi connectivity index (χ0) is 17.6. The summed E-state index contributed by atoms with van der Waals surface area (Å²) in [6, 6.07) is 18.8. The zero-order valence-corrected chi connectivity index (χ0v) is 15.3. The van der Waals surface area contributed by atoms with Gasteiger partial charge in [0.05, 0.1) is 6.42 Å². The van der Waals surface area contributed by atoms with E-state index in [1.165, 1.54) is 24.0 Å². The van der Waals surface area contributed by atoms with Crippen LogP contribution >= 0.6 is 0 Å². The number of nitrogens with zero attached hydrogens (tertiary/aromatic N) is 2. The van der Waals surface area contributed by atoms with Gasteiger partial charge in [-0.2, -0.15) is 0 Å². The van der Waals surface area contributed by atoms with Crippen molar-refractivity contribution in [2.45, 2.75) is 38.8 Å². The molecule has 25 heavy (non-hydrogen) atoms. The molecule has 3 heteroatoms. The van der Waals surface area contributed by atoms with Crippen molar-refractivity contribution in [1.29, 1.82) is 0 Å². The third-order valence-electron chi connectivity index (χ3n) is 5.13. The van der Waals surface area contributed by atoms with Gasteiger partial charge in [0.2, 0.25) is 5.91 Å². The molecule has 132 valence electrons. The fraction of sp³-hybridized carbons (Fsp3) is 0.409. The minimum atomic E-state index is 0.0334. The maximum Gasteiger partial charge on any atom is 0.228 e. The topological polar surface area (TPSA) is 23.6 Å². The summed E-state index contributed by atoms with van der Waals surface area (Å²) in [4.78, 5) is 17.3. The molecule has 1 saturated heterocycles. The monoisotopic (exact) mass is 336 g/mol. The number of carbonyl (C=O) groups excluding carboxylic acids is 1. The molecule has 0 radical (unpaired) electrons. The number of amides is 1. The average Bonchev–Trinajstić information content (AvgIpc) is 3.17. The molecule has 0 aromatic heterocycles. The largest absolute Gasteiger partial charge is 0.325 e. The van der Waals surface area contributed by atoms with Crippen LogP contribution in [0.1, 0.15) is 42.6 Å². The van der Waals surface area contributed by atoms with E-state index in [1.54, 1.807) is 0 Å². The fourth-order valence-electron chi connectivity index (χ4n) is 3.62. The zero-order valence-electron chi connectivity index (χ0n) is 15.3. The van der Waals surface area contributed by atoms with Crippen LogP contribution in [0.2, 0.25) is 0 Å². The summed E-state index contributed by atoms with van der Waals surface area (Å²) >= 11 is 0. The fourth-order valence-corrected chi connectivity index (χ4v) is 3.62. The molecular weight excluding hydrogens is 308 g/mol. The second-order valence-electron chi connectivity index (χ2n) is 6.88. The molecule has 0 spiro atoms. The van der Waals surface area contributed by atoms with Crippen LogP contribution in [0, 0.1) is 0 Å². The van der Waals surface area contributed by atoms with Crippen molar-refractivity contribution in [3.05, 3.63) is 71.3 Å². The maximum atomic E-state index is 12.9. The number of likely N-dealkylation sites (N-methyl/N-ethyl adjacent to an activating group) is 1. The molecule has 0 saturated carbocycles. The standard InChI is InChI=1S/C22H28N2O/c1-3-18-11-13-19(14-12-18)17-21(25)23(2)22(24-15-7-8-16-24)20-9-5-4-6-10-20/h4-6,9-14,22H,3,7-8,15-17H2,1-2H3/t22-/m1/s1. The van der Waals surface area contributed by atoms with Crippen molar-refractivity contribution < 1.29 is 4.79 Å². The molecule has 0 unspecified atom stereocenters. The van der Waals surface area contributed by atoms with Crippen molar-refractivity contribution >= 4 is 5.91 Å². The first kappa shape index (κ1) is 17.7. The van der Waals surface area contributed by atoms with Crippen molar-refractivity contribution in [2.24, 2.45) is 0 Å². The van der Waals surface area contributed by atoms with E-state index in [0.29, 0.717) is 6.42 Å². The molecule has 1 amide bonds. The Bertz CT molecular complexity index is 675. The molecule has 1 atom stereocenters. The Balaban J connectivity index is 1.76. The highest BCUT2D eigenvalue weighted by Crippen LogP contribution is 2.28. The van der Waals surface area contributed by atoms with Gasteiger partial charge in [-0.1, -0.05) is 61.5 Å². The van der Waals surface area contributed by atoms with Crippen LogP contribution < -0.4 is 0 Å². The normalized spacial score (nSPS) is 15.9. The van der Waals surface area contributed by atoms with Crippen molar-refractivity contribution in [3.8, 4) is 0 Å². The first-order valence-electron chi connectivity index (χ1n) is 9.31. The van der Waals surface area contributed by atoms with E-state index in [4.69, 9.17) is 0 Å². The molecule has 1 aliphatic rings. The van der Waals surface area contributed by atoms with E-state index in [0.717, 1.165) is 25.1 Å². The quantitative estimate of drug-likeness (QED) is 0.795. The van der Waals surface area contributed by atoms with Gasteiger partial charge in [0.15, 0.2) is 0 Å². The number of hydrogen-bond donors (Lipinski definition) is 0. The van der Waals surface area contributed by atoms with Gasteiger partial charge in [-0.05, 0) is 36.0 Å². The van der Waals surface area contributed by atoms with Gasteiger partial charge >= 0.3 is 0 Å². The van der Waals surface area contributed by atoms with E-state index >= 15 is 0 Å². The summed E-state index contributed by atoms with van der Waals surface area (Å²) in [6.07, 6.45) is 3.94. The van der Waals surface area contributed by atoms with Crippen LogP contribution in [0.15, 0.2) is 54.6 Å². The maximum absolute atomic E-state index is 12.9. The summed E-state index contributed by atoms with van der Waals surface area (Å²) in [5, 5.41) is 0. The van der Waals surface area contributed by atoms with E-state index in [9.17, 15) is 4.79 Å². The van der Waals surface area contributed by atoms with E-state index in [2.05, 4.69) is 60.4 Å². The molecule has 3 rings (SSSR count). The second-order valence-corrected chi connectivity index (χ2v) is 6.88. The second kappa shape index (κ2) is 8.30. The number of carbonyl (C=O) groups is 1. The van der Waals surface area contributed by atoms with Crippen LogP contribution in [0.4, 0.5) is 0 Å². The van der Waals surface area contributed by atoms with Gasteiger partial charge in [-0.3, -0.25) is 9.69 Å². The molecular formula is C22H28N2O. The Morgan fingerprint density at radius 1 is 1.00 bits per heavy atom. The van der Waals surface area contributed by atoms with E-state index < -0.39 is 0 Å². The lowest BCUT2D eigenvalue weighted by atomic mass is 10.1. The molecule has 1 aliphatic heterocycles. The predicted molar refractivity (Wildman–Crippen MR) is 102 cm³/mol. The highest BCUT2D eigenvalue weighted by atomic mass is 16.2. The first-order chi connectivity index (χ1) is 12.2. The number of rotatable bonds is 6. The van der Waals surface area contributed by atoms with Crippen LogP contribution in [0.5, 0.6) is 0 Å². The van der Waals surface area contributed by atoms with Gasteiger partial charge in [0.1, 0.15) is 6.17 Å². The lowest BCUT2D eigenvalue weighted by Crippen LogP contribution is -2.42. The SMILES string of the molecule is CCc1ccc(CC(=O)N(C)[C@@H](c2ccccc2)N2CCCC2)cc1. The van der Waals surface area contributed by atoms with Crippen LogP contribution in [0.25, 0.3) is 0 Å². The molecule has 1 fully saturated rings. The number of likely N-dealkylation sites (tertiary alicyclic amines) is 1. The lowest BCUT2D eigenvalue weighted by Gasteiger charge is -2.36. The molecule has 2 aromatic carbocycles. The van der Waals surface area contributed by atoms with Gasteiger partial charge in [-0.25, -0.2) is 0 Å². The average molecular weight is 336 g/mol. The molecule has 0 N–H and O–H groups in total. The third-order valence-corrected chi connectivity index (χ3v) is 5.13. The van der Waals surface area contributed by atoms with Crippen LogP contribution in [-0.2, 0) is 17.6 Å². The predicted octanol–water partition coefficient (Wildman–Crippen LogP) is 4.04. The van der Waals surface area contributed by atoms with Crippen molar-refractivity contribution in [1.82, 2.24) is 9.80 Å². The van der Waals surface area contributed by atoms with Gasteiger partial charge < -0.3 is 4.90 Å². The Morgan fingerprint density at radius 2 is 1.60 bits per heavy atom. The molecule has 2 aromatic rings. The van der Waals surface area contributed by atoms with Crippen LogP contribution in [0.3, 0.4) is 0 Å².